The first kappa shape index (κ1) is 13.9. The van der Waals surface area contributed by atoms with Gasteiger partial charge in [0, 0.05) is 13.1 Å². The standard InChI is InChI=1S/C14H22N2O3/c1-3-18-13(17)12-10-19-14(15-12)16(2)11-8-6-4-5-7-9-11/h10-11H,3-9H2,1-2H3. The molecule has 1 fully saturated rings. The summed E-state index contributed by atoms with van der Waals surface area (Å²) in [4.78, 5) is 17.8. The summed E-state index contributed by atoms with van der Waals surface area (Å²) in [6.45, 7) is 2.12. The molecule has 1 saturated carbocycles. The minimum absolute atomic E-state index is 0.248. The van der Waals surface area contributed by atoms with Crippen LogP contribution in [0.2, 0.25) is 0 Å². The molecule has 0 N–H and O–H groups in total. The van der Waals surface area contributed by atoms with E-state index in [2.05, 4.69) is 4.98 Å². The van der Waals surface area contributed by atoms with Crippen molar-refractivity contribution in [2.75, 3.05) is 18.6 Å². The second-order valence-electron chi connectivity index (χ2n) is 4.99. The van der Waals surface area contributed by atoms with Gasteiger partial charge in [-0.05, 0) is 19.8 Å². The van der Waals surface area contributed by atoms with Gasteiger partial charge in [-0.15, -0.1) is 0 Å². The van der Waals surface area contributed by atoms with Crippen LogP contribution >= 0.6 is 0 Å². The highest BCUT2D eigenvalue weighted by atomic mass is 16.5. The Hall–Kier alpha value is -1.52. The van der Waals surface area contributed by atoms with E-state index in [1.54, 1.807) is 6.92 Å². The lowest BCUT2D eigenvalue weighted by atomic mass is 10.1. The SMILES string of the molecule is CCOC(=O)c1coc(N(C)C2CCCCCC2)n1. The summed E-state index contributed by atoms with van der Waals surface area (Å²) >= 11 is 0. The highest BCUT2D eigenvalue weighted by Crippen LogP contribution is 2.25. The van der Waals surface area contributed by atoms with E-state index in [-0.39, 0.29) is 5.69 Å². The van der Waals surface area contributed by atoms with Crippen molar-refractivity contribution >= 4 is 12.0 Å². The third-order valence-corrected chi connectivity index (χ3v) is 3.65. The topological polar surface area (TPSA) is 55.6 Å². The minimum atomic E-state index is -0.424. The van der Waals surface area contributed by atoms with Gasteiger partial charge in [-0.1, -0.05) is 25.7 Å². The van der Waals surface area contributed by atoms with Crippen LogP contribution < -0.4 is 4.90 Å². The Labute approximate surface area is 113 Å². The number of nitrogens with zero attached hydrogens (tertiary/aromatic N) is 2. The zero-order chi connectivity index (χ0) is 13.7. The Bertz CT molecular complexity index is 409. The van der Waals surface area contributed by atoms with E-state index in [4.69, 9.17) is 9.15 Å². The van der Waals surface area contributed by atoms with Crippen molar-refractivity contribution in [3.8, 4) is 0 Å². The molecule has 0 aromatic carbocycles. The van der Waals surface area contributed by atoms with Gasteiger partial charge in [0.1, 0.15) is 6.26 Å². The first-order valence-corrected chi connectivity index (χ1v) is 7.08. The fraction of sp³-hybridized carbons (Fsp3) is 0.714. The van der Waals surface area contributed by atoms with Gasteiger partial charge in [0.2, 0.25) is 0 Å². The van der Waals surface area contributed by atoms with Crippen LogP contribution in [0.1, 0.15) is 55.9 Å². The van der Waals surface area contributed by atoms with Crippen molar-refractivity contribution in [3.63, 3.8) is 0 Å². The molecule has 2 rings (SSSR count). The minimum Gasteiger partial charge on any atom is -0.461 e. The fourth-order valence-corrected chi connectivity index (χ4v) is 2.53. The number of hydrogen-bond donors (Lipinski definition) is 0. The van der Waals surface area contributed by atoms with Crippen molar-refractivity contribution in [1.82, 2.24) is 4.98 Å². The fourth-order valence-electron chi connectivity index (χ4n) is 2.53. The molecule has 1 aromatic rings. The number of anilines is 1. The van der Waals surface area contributed by atoms with Crippen LogP contribution in [0.5, 0.6) is 0 Å². The number of esters is 1. The summed E-state index contributed by atoms with van der Waals surface area (Å²) in [5.74, 6) is -0.424. The van der Waals surface area contributed by atoms with E-state index < -0.39 is 5.97 Å². The quantitative estimate of drug-likeness (QED) is 0.619. The van der Waals surface area contributed by atoms with Crippen molar-refractivity contribution in [2.24, 2.45) is 0 Å². The summed E-state index contributed by atoms with van der Waals surface area (Å²) in [5, 5.41) is 0. The highest BCUT2D eigenvalue weighted by molar-refractivity contribution is 5.87. The van der Waals surface area contributed by atoms with Gasteiger partial charge in [-0.2, -0.15) is 4.98 Å². The number of oxazole rings is 1. The molecule has 1 heterocycles. The number of hydrogen-bond acceptors (Lipinski definition) is 5. The number of aromatic nitrogens is 1. The Morgan fingerprint density at radius 1 is 1.42 bits per heavy atom. The summed E-state index contributed by atoms with van der Waals surface area (Å²) < 4.78 is 10.3. The van der Waals surface area contributed by atoms with Crippen LogP contribution in [-0.4, -0.2) is 30.6 Å². The molecule has 0 unspecified atom stereocenters. The molecule has 0 aliphatic heterocycles. The average Bonchev–Trinajstić information content (AvgIpc) is 2.74. The summed E-state index contributed by atoms with van der Waals surface area (Å²) in [6.07, 6.45) is 8.82. The van der Waals surface area contributed by atoms with Gasteiger partial charge in [0.15, 0.2) is 5.69 Å². The number of rotatable bonds is 4. The molecular formula is C14H22N2O3. The van der Waals surface area contributed by atoms with E-state index in [0.717, 1.165) is 12.8 Å². The Morgan fingerprint density at radius 3 is 2.74 bits per heavy atom. The molecule has 5 heteroatoms. The average molecular weight is 266 g/mol. The third kappa shape index (κ3) is 3.49. The van der Waals surface area contributed by atoms with E-state index in [1.807, 2.05) is 11.9 Å². The molecule has 19 heavy (non-hydrogen) atoms. The second-order valence-corrected chi connectivity index (χ2v) is 4.99. The first-order valence-electron chi connectivity index (χ1n) is 7.08. The molecule has 0 radical (unpaired) electrons. The van der Waals surface area contributed by atoms with Gasteiger partial charge in [-0.3, -0.25) is 0 Å². The second kappa shape index (κ2) is 6.59. The van der Waals surface area contributed by atoms with E-state index in [9.17, 15) is 4.79 Å². The maximum atomic E-state index is 11.5. The highest BCUT2D eigenvalue weighted by Gasteiger charge is 2.22. The lowest BCUT2D eigenvalue weighted by Crippen LogP contribution is -2.31. The maximum Gasteiger partial charge on any atom is 0.360 e. The number of carbonyl (C=O) groups excluding carboxylic acids is 1. The molecule has 1 aromatic heterocycles. The first-order chi connectivity index (χ1) is 9.22. The molecule has 1 aliphatic rings. The van der Waals surface area contributed by atoms with Gasteiger partial charge in [0.05, 0.1) is 6.61 Å². The van der Waals surface area contributed by atoms with Crippen LogP contribution in [-0.2, 0) is 4.74 Å². The lowest BCUT2D eigenvalue weighted by molar-refractivity contribution is 0.0519. The van der Waals surface area contributed by atoms with Crippen molar-refractivity contribution in [3.05, 3.63) is 12.0 Å². The Balaban J connectivity index is 2.02. The van der Waals surface area contributed by atoms with Gasteiger partial charge in [0.25, 0.3) is 6.01 Å². The Morgan fingerprint density at radius 2 is 2.11 bits per heavy atom. The predicted octanol–water partition coefficient (Wildman–Crippen LogP) is 3.01. The predicted molar refractivity (Wildman–Crippen MR) is 72.4 cm³/mol. The summed E-state index contributed by atoms with van der Waals surface area (Å²) in [7, 11) is 1.98. The molecule has 0 saturated heterocycles. The zero-order valence-corrected chi connectivity index (χ0v) is 11.7. The largest absolute Gasteiger partial charge is 0.461 e. The summed E-state index contributed by atoms with van der Waals surface area (Å²) in [6, 6.07) is 0.964. The molecule has 0 spiro atoms. The third-order valence-electron chi connectivity index (χ3n) is 3.65. The van der Waals surface area contributed by atoms with Crippen LogP contribution in [0, 0.1) is 0 Å². The van der Waals surface area contributed by atoms with Crippen LogP contribution in [0.15, 0.2) is 10.7 Å². The van der Waals surface area contributed by atoms with E-state index >= 15 is 0 Å². The number of carbonyl (C=O) groups is 1. The van der Waals surface area contributed by atoms with Crippen molar-refractivity contribution in [2.45, 2.75) is 51.5 Å². The molecule has 5 nitrogen and oxygen atoms in total. The van der Waals surface area contributed by atoms with Crippen LogP contribution in [0.4, 0.5) is 6.01 Å². The molecule has 0 amide bonds. The van der Waals surface area contributed by atoms with Crippen LogP contribution in [0.25, 0.3) is 0 Å². The molecule has 0 bridgehead atoms. The van der Waals surface area contributed by atoms with Crippen molar-refractivity contribution in [1.29, 1.82) is 0 Å². The van der Waals surface area contributed by atoms with Gasteiger partial charge < -0.3 is 14.1 Å². The summed E-state index contributed by atoms with van der Waals surface area (Å²) in [5.41, 5.74) is 0.248. The molecular weight excluding hydrogens is 244 g/mol. The molecule has 106 valence electrons. The van der Waals surface area contributed by atoms with E-state index in [1.165, 1.54) is 31.9 Å². The normalized spacial score (nSPS) is 16.9. The van der Waals surface area contributed by atoms with E-state index in [0.29, 0.717) is 18.7 Å². The number of ether oxygens (including phenoxy) is 1. The van der Waals surface area contributed by atoms with Crippen LogP contribution in [0.3, 0.4) is 0 Å². The van der Waals surface area contributed by atoms with Crippen molar-refractivity contribution < 1.29 is 13.9 Å². The molecule has 1 aliphatic carbocycles. The maximum absolute atomic E-state index is 11.5. The van der Waals surface area contributed by atoms with Gasteiger partial charge >= 0.3 is 5.97 Å². The smallest absolute Gasteiger partial charge is 0.360 e. The van der Waals surface area contributed by atoms with Gasteiger partial charge in [-0.25, -0.2) is 4.79 Å². The monoisotopic (exact) mass is 266 g/mol. The lowest BCUT2D eigenvalue weighted by Gasteiger charge is -2.25. The molecule has 0 atom stereocenters. The zero-order valence-electron chi connectivity index (χ0n) is 11.7. The Kier molecular flexibility index (Phi) is 4.82.